The minimum Gasteiger partial charge on any atom is -0.469 e. The van der Waals surface area contributed by atoms with Crippen molar-refractivity contribution in [2.45, 2.75) is 24.8 Å². The highest BCUT2D eigenvalue weighted by molar-refractivity contribution is 6.00. The molecule has 0 unspecified atom stereocenters. The zero-order chi connectivity index (χ0) is 19.3. The van der Waals surface area contributed by atoms with Crippen LogP contribution in [0.3, 0.4) is 0 Å². The van der Waals surface area contributed by atoms with Gasteiger partial charge in [-0.15, -0.1) is 0 Å². The van der Waals surface area contributed by atoms with E-state index in [0.717, 1.165) is 11.5 Å². The molecule has 3 aromatic rings. The van der Waals surface area contributed by atoms with Crippen molar-refractivity contribution in [3.63, 3.8) is 0 Å². The monoisotopic (exact) mass is 377 g/mol. The van der Waals surface area contributed by atoms with Gasteiger partial charge in [-0.3, -0.25) is 14.9 Å². The van der Waals surface area contributed by atoms with E-state index in [1.165, 1.54) is 18.5 Å². The molecule has 2 atom stereocenters. The topological polar surface area (TPSA) is 116 Å². The predicted molar refractivity (Wildman–Crippen MR) is 97.6 cm³/mol. The van der Waals surface area contributed by atoms with E-state index < -0.39 is 11.0 Å². The number of nitrogens with zero attached hydrogens (tertiary/aromatic N) is 4. The maximum absolute atomic E-state index is 13.1. The van der Waals surface area contributed by atoms with E-state index in [4.69, 9.17) is 4.42 Å². The molecule has 1 aliphatic carbocycles. The molecule has 1 N–H and O–H groups in total. The quantitative estimate of drug-likeness (QED) is 0.550. The summed E-state index contributed by atoms with van der Waals surface area (Å²) < 4.78 is 7.10. The fraction of sp³-hybridized carbons (Fsp3) is 0.211. The summed E-state index contributed by atoms with van der Waals surface area (Å²) in [5.74, 6) is 1.17. The van der Waals surface area contributed by atoms with Gasteiger partial charge in [0.25, 0.3) is 5.69 Å². The van der Waals surface area contributed by atoms with Crippen LogP contribution in [0.1, 0.15) is 36.1 Å². The standard InChI is InChI=1S/C19H15N5O4/c25-15-9-12(16-5-2-6-28-16)8-14-17(15)18(23-19(22-14)20-10-21-23)11-3-1-4-13(7-11)24(26)27/h1-7,10,12,18H,8-9H2,(H,20,21,22)/t12-,18-/m1/s1. The zero-order valence-electron chi connectivity index (χ0n) is 14.6. The van der Waals surface area contributed by atoms with Gasteiger partial charge in [-0.05, 0) is 24.1 Å². The summed E-state index contributed by atoms with van der Waals surface area (Å²) in [7, 11) is 0. The Balaban J connectivity index is 1.63. The van der Waals surface area contributed by atoms with Crippen LogP contribution in [-0.2, 0) is 4.79 Å². The van der Waals surface area contributed by atoms with Crippen LogP contribution in [0.15, 0.2) is 64.7 Å². The number of carbonyl (C=O) groups excluding carboxylic acids is 1. The van der Waals surface area contributed by atoms with E-state index in [-0.39, 0.29) is 17.4 Å². The van der Waals surface area contributed by atoms with Gasteiger partial charge in [-0.1, -0.05) is 12.1 Å². The minimum atomic E-state index is -0.557. The average Bonchev–Trinajstić information content (AvgIpc) is 3.38. The summed E-state index contributed by atoms with van der Waals surface area (Å²) in [6.45, 7) is 0. The number of benzene rings is 1. The summed E-state index contributed by atoms with van der Waals surface area (Å²) in [5.41, 5.74) is 1.92. The molecule has 0 spiro atoms. The summed E-state index contributed by atoms with van der Waals surface area (Å²) in [5, 5.41) is 18.7. The van der Waals surface area contributed by atoms with Crippen molar-refractivity contribution < 1.29 is 14.1 Å². The van der Waals surface area contributed by atoms with Crippen molar-refractivity contribution in [1.82, 2.24) is 14.8 Å². The SMILES string of the molecule is O=C1C[C@H](c2ccco2)CC2=C1[C@@H](c1cccc([N+](=O)[O-])c1)n1ncnc1N2. The third-order valence-electron chi connectivity index (χ3n) is 5.20. The highest BCUT2D eigenvalue weighted by atomic mass is 16.6. The van der Waals surface area contributed by atoms with Crippen LogP contribution in [0.25, 0.3) is 0 Å². The van der Waals surface area contributed by atoms with Crippen LogP contribution in [0.2, 0.25) is 0 Å². The highest BCUT2D eigenvalue weighted by Gasteiger charge is 2.40. The summed E-state index contributed by atoms with van der Waals surface area (Å²) in [6, 6.07) is 9.41. The van der Waals surface area contributed by atoms with Crippen molar-refractivity contribution >= 4 is 17.4 Å². The van der Waals surface area contributed by atoms with E-state index in [2.05, 4.69) is 15.4 Å². The van der Waals surface area contributed by atoms with Gasteiger partial charge in [-0.25, -0.2) is 4.68 Å². The number of anilines is 1. The van der Waals surface area contributed by atoms with Gasteiger partial charge in [0.1, 0.15) is 18.1 Å². The van der Waals surface area contributed by atoms with Gasteiger partial charge in [0.2, 0.25) is 5.95 Å². The first-order valence-electron chi connectivity index (χ1n) is 8.82. The Morgan fingerprint density at radius 2 is 2.14 bits per heavy atom. The number of allylic oxidation sites excluding steroid dienone is 2. The number of carbonyl (C=O) groups is 1. The summed E-state index contributed by atoms with van der Waals surface area (Å²) in [4.78, 5) is 28.1. The first-order chi connectivity index (χ1) is 13.6. The smallest absolute Gasteiger partial charge is 0.269 e. The lowest BCUT2D eigenvalue weighted by Crippen LogP contribution is -2.33. The number of furan rings is 1. The third kappa shape index (κ3) is 2.51. The minimum absolute atomic E-state index is 0.0310. The van der Waals surface area contributed by atoms with Crippen LogP contribution in [-0.4, -0.2) is 25.5 Å². The lowest BCUT2D eigenvalue weighted by molar-refractivity contribution is -0.384. The number of non-ortho nitro benzene ring substituents is 1. The average molecular weight is 377 g/mol. The van der Waals surface area contributed by atoms with Crippen LogP contribution in [0.4, 0.5) is 11.6 Å². The van der Waals surface area contributed by atoms with Crippen LogP contribution >= 0.6 is 0 Å². The molecule has 9 heteroatoms. The Kier molecular flexibility index (Phi) is 3.61. The third-order valence-corrected chi connectivity index (χ3v) is 5.20. The number of Topliss-reactive ketones (excluding diaryl/α,β-unsaturated/α-hetero) is 1. The molecule has 9 nitrogen and oxygen atoms in total. The Morgan fingerprint density at radius 1 is 1.25 bits per heavy atom. The molecule has 2 aromatic heterocycles. The largest absolute Gasteiger partial charge is 0.469 e. The number of hydrogen-bond donors (Lipinski definition) is 1. The highest BCUT2D eigenvalue weighted by Crippen LogP contribution is 2.44. The Hall–Kier alpha value is -3.75. The van der Waals surface area contributed by atoms with Crippen LogP contribution in [0, 0.1) is 10.1 Å². The maximum atomic E-state index is 13.1. The number of nitro benzene ring substituents is 1. The number of rotatable bonds is 3. The van der Waals surface area contributed by atoms with Crippen molar-refractivity contribution in [3.8, 4) is 0 Å². The molecular weight excluding hydrogens is 362 g/mol. The zero-order valence-corrected chi connectivity index (χ0v) is 14.6. The van der Waals surface area contributed by atoms with Gasteiger partial charge >= 0.3 is 0 Å². The normalized spacial score (nSPS) is 21.1. The molecule has 0 saturated heterocycles. The number of nitrogens with one attached hydrogen (secondary N) is 1. The molecule has 0 fully saturated rings. The Morgan fingerprint density at radius 3 is 2.93 bits per heavy atom. The molecule has 0 saturated carbocycles. The molecule has 0 amide bonds. The van der Waals surface area contributed by atoms with Crippen molar-refractivity contribution in [3.05, 3.63) is 81.7 Å². The Bertz CT molecular complexity index is 1120. The number of fused-ring (bicyclic) bond motifs is 1. The number of aromatic nitrogens is 3. The second kappa shape index (κ2) is 6.15. The van der Waals surface area contributed by atoms with Gasteiger partial charge in [0, 0.05) is 35.7 Å². The van der Waals surface area contributed by atoms with E-state index in [0.29, 0.717) is 29.9 Å². The summed E-state index contributed by atoms with van der Waals surface area (Å²) >= 11 is 0. The summed E-state index contributed by atoms with van der Waals surface area (Å²) in [6.07, 6.45) is 3.90. The second-order valence-electron chi connectivity index (χ2n) is 6.84. The molecule has 28 heavy (non-hydrogen) atoms. The van der Waals surface area contributed by atoms with Crippen LogP contribution < -0.4 is 5.32 Å². The lowest BCUT2D eigenvalue weighted by atomic mass is 9.79. The lowest BCUT2D eigenvalue weighted by Gasteiger charge is -2.34. The van der Waals surface area contributed by atoms with Crippen LogP contribution in [0.5, 0.6) is 0 Å². The van der Waals surface area contributed by atoms with E-state index >= 15 is 0 Å². The van der Waals surface area contributed by atoms with Crippen molar-refractivity contribution in [2.24, 2.45) is 0 Å². The maximum Gasteiger partial charge on any atom is 0.269 e. The molecule has 3 heterocycles. The second-order valence-corrected chi connectivity index (χ2v) is 6.84. The van der Waals surface area contributed by atoms with Gasteiger partial charge in [0.15, 0.2) is 5.78 Å². The molecule has 5 rings (SSSR count). The van der Waals surface area contributed by atoms with Crippen molar-refractivity contribution in [1.29, 1.82) is 0 Å². The molecule has 0 bridgehead atoms. The van der Waals surface area contributed by atoms with Crippen molar-refractivity contribution in [2.75, 3.05) is 5.32 Å². The molecular formula is C19H15N5O4. The molecule has 2 aliphatic rings. The molecule has 1 aliphatic heterocycles. The molecule has 1 aromatic carbocycles. The van der Waals surface area contributed by atoms with E-state index in [1.807, 2.05) is 6.07 Å². The molecule has 140 valence electrons. The van der Waals surface area contributed by atoms with Gasteiger partial charge < -0.3 is 9.73 Å². The number of ketones is 1. The molecule has 0 radical (unpaired) electrons. The fourth-order valence-corrected chi connectivity index (χ4v) is 3.99. The van der Waals surface area contributed by atoms with Gasteiger partial charge in [0.05, 0.1) is 11.2 Å². The predicted octanol–water partition coefficient (Wildman–Crippen LogP) is 3.20. The fourth-order valence-electron chi connectivity index (χ4n) is 3.99. The van der Waals surface area contributed by atoms with E-state index in [9.17, 15) is 14.9 Å². The first-order valence-corrected chi connectivity index (χ1v) is 8.82. The van der Waals surface area contributed by atoms with Gasteiger partial charge in [-0.2, -0.15) is 10.1 Å². The first kappa shape index (κ1) is 16.4. The number of hydrogen-bond acceptors (Lipinski definition) is 7. The number of nitro groups is 1. The Labute approximate surface area is 158 Å². The van der Waals surface area contributed by atoms with E-state index in [1.54, 1.807) is 29.1 Å².